The fraction of sp³-hybridized carbons (Fsp3) is 0.462. The average molecular weight is 504 g/mol. The summed E-state index contributed by atoms with van der Waals surface area (Å²) in [6.07, 6.45) is 5.07. The first-order chi connectivity index (χ1) is 16.6. The Morgan fingerprint density at radius 3 is 2.23 bits per heavy atom. The highest BCUT2D eigenvalue weighted by atomic mass is 32.2. The first-order valence-electron chi connectivity index (χ1n) is 11.9. The molecule has 7 nitrogen and oxygen atoms in total. The van der Waals surface area contributed by atoms with E-state index >= 15 is 0 Å². The van der Waals surface area contributed by atoms with E-state index in [1.54, 1.807) is 31.2 Å². The van der Waals surface area contributed by atoms with Crippen molar-refractivity contribution in [3.63, 3.8) is 0 Å². The van der Waals surface area contributed by atoms with Gasteiger partial charge in [-0.15, -0.1) is 0 Å². The number of nitrogens with one attached hydrogen (secondary N) is 1. The molecule has 1 fully saturated rings. The molecule has 2 aromatic rings. The van der Waals surface area contributed by atoms with E-state index in [-0.39, 0.29) is 23.4 Å². The van der Waals surface area contributed by atoms with Gasteiger partial charge >= 0.3 is 0 Å². The maximum absolute atomic E-state index is 13.4. The number of amides is 2. The van der Waals surface area contributed by atoms with Gasteiger partial charge in [0, 0.05) is 19.6 Å². The van der Waals surface area contributed by atoms with E-state index in [1.807, 2.05) is 6.92 Å². The van der Waals surface area contributed by atoms with Gasteiger partial charge in [-0.3, -0.25) is 9.59 Å². The summed E-state index contributed by atoms with van der Waals surface area (Å²) in [4.78, 5) is 27.8. The molecule has 9 heteroatoms. The Balaban J connectivity index is 1.78. The predicted molar refractivity (Wildman–Crippen MR) is 132 cm³/mol. The zero-order valence-electron chi connectivity index (χ0n) is 20.5. The van der Waals surface area contributed by atoms with E-state index < -0.39 is 34.3 Å². The topological polar surface area (TPSA) is 86.8 Å². The molecule has 0 aromatic heterocycles. The van der Waals surface area contributed by atoms with Gasteiger partial charge in [-0.05, 0) is 56.5 Å². The van der Waals surface area contributed by atoms with Crippen LogP contribution in [0.2, 0.25) is 0 Å². The maximum atomic E-state index is 13.4. The van der Waals surface area contributed by atoms with Crippen molar-refractivity contribution in [3.8, 4) is 0 Å². The first-order valence-corrected chi connectivity index (χ1v) is 13.4. The van der Waals surface area contributed by atoms with Gasteiger partial charge in [0.05, 0.1) is 11.4 Å². The number of carbonyl (C=O) groups is 2. The molecule has 0 aliphatic heterocycles. The van der Waals surface area contributed by atoms with Crippen LogP contribution >= 0.6 is 0 Å². The quantitative estimate of drug-likeness (QED) is 0.566. The maximum Gasteiger partial charge on any atom is 0.243 e. The van der Waals surface area contributed by atoms with Gasteiger partial charge in [0.2, 0.25) is 21.8 Å². The molecule has 0 radical (unpaired) electrons. The van der Waals surface area contributed by atoms with Crippen LogP contribution in [0.5, 0.6) is 0 Å². The standard InChI is InChI=1S/C26H34FN3O4S/c1-19-9-15-24(16-10-19)35(33,34)29(3)18-25(31)30(17-21-11-13-22(27)14-12-21)20(2)26(32)28-23-7-5-4-6-8-23/h9-16,20,23H,4-8,17-18H2,1-3H3,(H,28,32)/t20-/m0/s1. The highest BCUT2D eigenvalue weighted by Crippen LogP contribution is 2.19. The monoisotopic (exact) mass is 503 g/mol. The number of carbonyl (C=O) groups excluding carboxylic acids is 2. The molecule has 1 aliphatic carbocycles. The first kappa shape index (κ1) is 26.8. The molecule has 1 saturated carbocycles. The van der Waals surface area contributed by atoms with Crippen molar-refractivity contribution in [2.75, 3.05) is 13.6 Å². The van der Waals surface area contributed by atoms with Crippen LogP contribution in [0.3, 0.4) is 0 Å². The van der Waals surface area contributed by atoms with Crippen LogP contribution in [-0.2, 0) is 26.2 Å². The summed E-state index contributed by atoms with van der Waals surface area (Å²) in [5.74, 6) is -1.20. The molecule has 2 aromatic carbocycles. The second-order valence-electron chi connectivity index (χ2n) is 9.24. The zero-order valence-corrected chi connectivity index (χ0v) is 21.4. The van der Waals surface area contributed by atoms with Crippen LogP contribution in [0.4, 0.5) is 4.39 Å². The number of rotatable bonds is 9. The second-order valence-corrected chi connectivity index (χ2v) is 11.3. The number of likely N-dealkylation sites (N-methyl/N-ethyl adjacent to an activating group) is 1. The van der Waals surface area contributed by atoms with Crippen molar-refractivity contribution in [3.05, 3.63) is 65.5 Å². The number of aryl methyl sites for hydroxylation is 1. The van der Waals surface area contributed by atoms with Crippen molar-refractivity contribution >= 4 is 21.8 Å². The van der Waals surface area contributed by atoms with E-state index in [0.29, 0.717) is 5.56 Å². The Kier molecular flexibility index (Phi) is 9.02. The fourth-order valence-corrected chi connectivity index (χ4v) is 5.31. The van der Waals surface area contributed by atoms with Crippen molar-refractivity contribution in [2.45, 2.75) is 69.5 Å². The van der Waals surface area contributed by atoms with Crippen LogP contribution in [0.1, 0.15) is 50.2 Å². The van der Waals surface area contributed by atoms with Crippen molar-refractivity contribution in [1.82, 2.24) is 14.5 Å². The molecule has 0 unspecified atom stereocenters. The zero-order chi connectivity index (χ0) is 25.6. The lowest BCUT2D eigenvalue weighted by molar-refractivity contribution is -0.141. The Morgan fingerprint density at radius 1 is 1.03 bits per heavy atom. The van der Waals surface area contributed by atoms with E-state index in [9.17, 15) is 22.4 Å². The molecule has 0 bridgehead atoms. The Morgan fingerprint density at radius 2 is 1.63 bits per heavy atom. The molecule has 1 N–H and O–H groups in total. The SMILES string of the molecule is Cc1ccc(S(=O)(=O)N(C)CC(=O)N(Cc2ccc(F)cc2)[C@@H](C)C(=O)NC2CCCCC2)cc1. The lowest BCUT2D eigenvalue weighted by atomic mass is 9.95. The minimum atomic E-state index is -3.90. The number of halogens is 1. The molecule has 35 heavy (non-hydrogen) atoms. The molecule has 0 heterocycles. The summed E-state index contributed by atoms with van der Waals surface area (Å²) in [7, 11) is -2.55. The molecule has 190 valence electrons. The molecule has 0 saturated heterocycles. The van der Waals surface area contributed by atoms with Gasteiger partial charge in [0.1, 0.15) is 11.9 Å². The minimum Gasteiger partial charge on any atom is -0.352 e. The summed E-state index contributed by atoms with van der Waals surface area (Å²) < 4.78 is 40.4. The highest BCUT2D eigenvalue weighted by Gasteiger charge is 2.31. The van der Waals surface area contributed by atoms with E-state index in [4.69, 9.17) is 0 Å². The number of hydrogen-bond donors (Lipinski definition) is 1. The summed E-state index contributed by atoms with van der Waals surface area (Å²) in [6.45, 7) is 3.11. The molecule has 1 atom stereocenters. The van der Waals surface area contributed by atoms with Crippen molar-refractivity contribution in [1.29, 1.82) is 0 Å². The second kappa shape index (κ2) is 11.8. The van der Waals surface area contributed by atoms with E-state index in [0.717, 1.165) is 42.0 Å². The Labute approximate surface area is 207 Å². The number of hydrogen-bond acceptors (Lipinski definition) is 4. The predicted octanol–water partition coefficient (Wildman–Crippen LogP) is 3.62. The van der Waals surface area contributed by atoms with Gasteiger partial charge in [0.15, 0.2) is 0 Å². The molecule has 3 rings (SSSR count). The van der Waals surface area contributed by atoms with Gasteiger partial charge in [0.25, 0.3) is 0 Å². The summed E-state index contributed by atoms with van der Waals surface area (Å²) >= 11 is 0. The third-order valence-electron chi connectivity index (χ3n) is 6.47. The van der Waals surface area contributed by atoms with Crippen molar-refractivity contribution in [2.24, 2.45) is 0 Å². The lowest BCUT2D eigenvalue weighted by Crippen LogP contribution is -2.52. The average Bonchev–Trinajstić information content (AvgIpc) is 2.84. The summed E-state index contributed by atoms with van der Waals surface area (Å²) in [6, 6.07) is 11.3. The summed E-state index contributed by atoms with van der Waals surface area (Å²) in [5.41, 5.74) is 1.56. The van der Waals surface area contributed by atoms with Crippen LogP contribution < -0.4 is 5.32 Å². The van der Waals surface area contributed by atoms with Crippen LogP contribution in [0.25, 0.3) is 0 Å². The fourth-order valence-electron chi connectivity index (χ4n) is 4.19. The normalized spacial score (nSPS) is 15.6. The van der Waals surface area contributed by atoms with Crippen LogP contribution in [0.15, 0.2) is 53.4 Å². The lowest BCUT2D eigenvalue weighted by Gasteiger charge is -2.32. The van der Waals surface area contributed by atoms with E-state index in [1.165, 1.54) is 36.2 Å². The molecule has 2 amide bonds. The van der Waals surface area contributed by atoms with E-state index in [2.05, 4.69) is 5.32 Å². The molecule has 0 spiro atoms. The number of nitrogens with zero attached hydrogens (tertiary/aromatic N) is 2. The Bertz CT molecular complexity index is 1110. The van der Waals surface area contributed by atoms with Gasteiger partial charge in [-0.2, -0.15) is 4.31 Å². The van der Waals surface area contributed by atoms with Gasteiger partial charge in [-0.25, -0.2) is 12.8 Å². The largest absolute Gasteiger partial charge is 0.352 e. The third-order valence-corrected chi connectivity index (χ3v) is 8.29. The third kappa shape index (κ3) is 7.11. The molecule has 1 aliphatic rings. The van der Waals surface area contributed by atoms with Crippen molar-refractivity contribution < 1.29 is 22.4 Å². The minimum absolute atomic E-state index is 0.0524. The van der Waals surface area contributed by atoms with Crippen LogP contribution in [-0.4, -0.2) is 55.1 Å². The highest BCUT2D eigenvalue weighted by molar-refractivity contribution is 7.89. The molecular weight excluding hydrogens is 469 g/mol. The smallest absolute Gasteiger partial charge is 0.243 e. The van der Waals surface area contributed by atoms with Gasteiger partial charge < -0.3 is 10.2 Å². The number of sulfonamides is 1. The Hall–Kier alpha value is -2.78. The number of benzene rings is 2. The molecular formula is C26H34FN3O4S. The summed E-state index contributed by atoms with van der Waals surface area (Å²) in [5, 5.41) is 3.04. The van der Waals surface area contributed by atoms with Crippen LogP contribution in [0, 0.1) is 12.7 Å². The van der Waals surface area contributed by atoms with Gasteiger partial charge in [-0.1, -0.05) is 49.1 Å².